The number of hydrogen-bond acceptors (Lipinski definition) is 6. The highest BCUT2D eigenvalue weighted by molar-refractivity contribution is 6.31. The van der Waals surface area contributed by atoms with Crippen LogP contribution in [0, 0.1) is 0 Å². The number of carbonyl (C=O) groups is 2. The Morgan fingerprint density at radius 2 is 1.57 bits per heavy atom. The second-order valence-electron chi connectivity index (χ2n) is 7.32. The third-order valence-electron chi connectivity index (χ3n) is 5.19. The van der Waals surface area contributed by atoms with Crippen LogP contribution in [0.15, 0.2) is 72.8 Å². The van der Waals surface area contributed by atoms with E-state index < -0.39 is 11.9 Å². The van der Waals surface area contributed by atoms with Crippen LogP contribution in [0.4, 0.5) is 0 Å². The lowest BCUT2D eigenvalue weighted by molar-refractivity contribution is 0.0549. The van der Waals surface area contributed by atoms with E-state index in [0.29, 0.717) is 27.0 Å². The van der Waals surface area contributed by atoms with Crippen LogP contribution in [0.5, 0.6) is 5.75 Å². The predicted octanol–water partition coefficient (Wildman–Crippen LogP) is 6.00. The first kappa shape index (κ1) is 24.3. The molecule has 0 saturated carbocycles. The van der Waals surface area contributed by atoms with Crippen molar-refractivity contribution < 1.29 is 23.8 Å². The maximum Gasteiger partial charge on any atom is 0.357 e. The molecule has 0 amide bonds. The molecule has 4 aromatic rings. The minimum absolute atomic E-state index is 0.0759. The Morgan fingerprint density at radius 3 is 2.26 bits per heavy atom. The number of para-hydroxylation sites is 1. The van der Waals surface area contributed by atoms with Crippen molar-refractivity contribution in [3.8, 4) is 22.7 Å². The molecule has 3 aromatic carbocycles. The van der Waals surface area contributed by atoms with E-state index in [4.69, 9.17) is 37.4 Å². The van der Waals surface area contributed by atoms with E-state index in [0.717, 1.165) is 5.56 Å². The maximum absolute atomic E-state index is 12.9. The highest BCUT2D eigenvalue weighted by atomic mass is 35.5. The molecule has 1 aromatic heterocycles. The number of hydrogen-bond donors (Lipinski definition) is 0. The van der Waals surface area contributed by atoms with Crippen LogP contribution in [-0.4, -0.2) is 35.9 Å². The lowest BCUT2D eigenvalue weighted by atomic mass is 10.0. The molecule has 178 valence electrons. The van der Waals surface area contributed by atoms with Gasteiger partial charge in [0.05, 0.1) is 19.9 Å². The minimum atomic E-state index is -0.764. The normalized spacial score (nSPS) is 10.6. The second kappa shape index (κ2) is 10.6. The van der Waals surface area contributed by atoms with Gasteiger partial charge in [-0.3, -0.25) is 0 Å². The van der Waals surface area contributed by atoms with Gasteiger partial charge >= 0.3 is 11.9 Å². The zero-order valence-corrected chi connectivity index (χ0v) is 20.3. The van der Waals surface area contributed by atoms with Crippen LogP contribution in [-0.2, 0) is 16.1 Å². The van der Waals surface area contributed by atoms with Crippen molar-refractivity contribution in [3.05, 3.63) is 99.7 Å². The number of aromatic nitrogens is 2. The number of benzene rings is 3. The molecule has 0 spiro atoms. The van der Waals surface area contributed by atoms with Crippen molar-refractivity contribution in [1.82, 2.24) is 9.78 Å². The lowest BCUT2D eigenvalue weighted by Gasteiger charge is -2.12. The number of nitrogens with zero attached hydrogens (tertiary/aromatic N) is 2. The van der Waals surface area contributed by atoms with Gasteiger partial charge in [-0.15, -0.1) is 0 Å². The summed E-state index contributed by atoms with van der Waals surface area (Å²) in [5, 5.41) is 5.55. The molecule has 7 nitrogen and oxygen atoms in total. The second-order valence-corrected chi connectivity index (χ2v) is 8.17. The lowest BCUT2D eigenvalue weighted by Crippen LogP contribution is -2.15. The molecule has 0 atom stereocenters. The summed E-state index contributed by atoms with van der Waals surface area (Å²) < 4.78 is 17.4. The Kier molecular flexibility index (Phi) is 7.39. The number of carbonyl (C=O) groups excluding carboxylic acids is 2. The van der Waals surface area contributed by atoms with Gasteiger partial charge in [0.2, 0.25) is 0 Å². The van der Waals surface area contributed by atoms with Crippen LogP contribution in [0.2, 0.25) is 10.0 Å². The van der Waals surface area contributed by atoms with Crippen molar-refractivity contribution in [2.45, 2.75) is 6.61 Å². The molecule has 0 radical (unpaired) electrons. The molecule has 0 aliphatic heterocycles. The first-order valence-electron chi connectivity index (χ1n) is 10.5. The smallest absolute Gasteiger partial charge is 0.357 e. The summed E-state index contributed by atoms with van der Waals surface area (Å²) in [5.41, 5.74) is 1.70. The SMILES string of the molecule is COC(=O)c1c(-c2cc(Cl)ccc2OCc2ccccc2Cl)nn(-c2ccccc2)c1C(=O)OC. The van der Waals surface area contributed by atoms with E-state index >= 15 is 0 Å². The topological polar surface area (TPSA) is 79.7 Å². The fraction of sp³-hybridized carbons (Fsp3) is 0.115. The molecule has 35 heavy (non-hydrogen) atoms. The van der Waals surface area contributed by atoms with Gasteiger partial charge in [-0.1, -0.05) is 59.6 Å². The monoisotopic (exact) mass is 510 g/mol. The summed E-state index contributed by atoms with van der Waals surface area (Å²) >= 11 is 12.6. The summed E-state index contributed by atoms with van der Waals surface area (Å²) in [6, 6.07) is 21.1. The molecule has 0 saturated heterocycles. The van der Waals surface area contributed by atoms with Gasteiger partial charge in [-0.25, -0.2) is 14.3 Å². The largest absolute Gasteiger partial charge is 0.488 e. The molecule has 0 fully saturated rings. The van der Waals surface area contributed by atoms with Gasteiger partial charge in [-0.05, 0) is 36.4 Å². The molecular formula is C26H20Cl2N2O5. The van der Waals surface area contributed by atoms with Crippen LogP contribution in [0.3, 0.4) is 0 Å². The molecule has 4 rings (SSSR count). The van der Waals surface area contributed by atoms with E-state index in [2.05, 4.69) is 5.10 Å². The highest BCUT2D eigenvalue weighted by Gasteiger charge is 2.32. The number of esters is 2. The summed E-state index contributed by atoms with van der Waals surface area (Å²) in [4.78, 5) is 25.8. The van der Waals surface area contributed by atoms with Crippen molar-refractivity contribution in [3.63, 3.8) is 0 Å². The van der Waals surface area contributed by atoms with E-state index in [-0.39, 0.29) is 23.6 Å². The molecule has 0 bridgehead atoms. The Balaban J connectivity index is 1.92. The van der Waals surface area contributed by atoms with Gasteiger partial charge in [0.1, 0.15) is 23.6 Å². The summed E-state index contributed by atoms with van der Waals surface area (Å²) in [7, 11) is 2.45. The molecule has 0 unspecified atom stereocenters. The first-order valence-corrected chi connectivity index (χ1v) is 11.2. The van der Waals surface area contributed by atoms with Crippen molar-refractivity contribution >= 4 is 35.1 Å². The number of rotatable bonds is 7. The molecule has 9 heteroatoms. The maximum atomic E-state index is 12.9. The van der Waals surface area contributed by atoms with Gasteiger partial charge in [0, 0.05) is 21.2 Å². The summed E-state index contributed by atoms with van der Waals surface area (Å²) in [6.07, 6.45) is 0. The molecule has 0 aliphatic rings. The van der Waals surface area contributed by atoms with Gasteiger partial charge in [0.15, 0.2) is 5.69 Å². The van der Waals surface area contributed by atoms with Crippen molar-refractivity contribution in [2.75, 3.05) is 14.2 Å². The zero-order valence-electron chi connectivity index (χ0n) is 18.8. The van der Waals surface area contributed by atoms with Gasteiger partial charge in [0.25, 0.3) is 0 Å². The molecule has 0 N–H and O–H groups in total. The Bertz CT molecular complexity index is 1390. The van der Waals surface area contributed by atoms with Gasteiger partial charge < -0.3 is 14.2 Å². The Labute approximate surface area is 211 Å². The van der Waals surface area contributed by atoms with Crippen LogP contribution in [0.25, 0.3) is 16.9 Å². The van der Waals surface area contributed by atoms with E-state index in [9.17, 15) is 9.59 Å². The van der Waals surface area contributed by atoms with Crippen molar-refractivity contribution in [1.29, 1.82) is 0 Å². The molecule has 0 aliphatic carbocycles. The summed E-state index contributed by atoms with van der Waals surface area (Å²) in [6.45, 7) is 0.158. The Hall–Kier alpha value is -3.81. The average molecular weight is 511 g/mol. The average Bonchev–Trinajstić information content (AvgIpc) is 3.29. The number of methoxy groups -OCH3 is 2. The molecular weight excluding hydrogens is 491 g/mol. The van der Waals surface area contributed by atoms with Gasteiger partial charge in [-0.2, -0.15) is 5.10 Å². The fourth-order valence-electron chi connectivity index (χ4n) is 3.53. The van der Waals surface area contributed by atoms with Crippen LogP contribution in [0.1, 0.15) is 26.4 Å². The standard InChI is InChI=1S/C26H20Cl2N2O5/c1-33-25(31)22-23(29-30(24(22)26(32)34-2)18-9-4-3-5-10-18)19-14-17(27)12-13-21(19)35-15-16-8-6-7-11-20(16)28/h3-14H,15H2,1-2H3. The van der Waals surface area contributed by atoms with E-state index in [1.54, 1.807) is 48.5 Å². The Morgan fingerprint density at radius 1 is 0.886 bits per heavy atom. The summed E-state index contributed by atoms with van der Waals surface area (Å²) in [5.74, 6) is -1.14. The predicted molar refractivity (Wildman–Crippen MR) is 132 cm³/mol. The van der Waals surface area contributed by atoms with Crippen molar-refractivity contribution in [2.24, 2.45) is 0 Å². The number of ether oxygens (including phenoxy) is 3. The zero-order chi connectivity index (χ0) is 24.9. The molecule has 1 heterocycles. The minimum Gasteiger partial charge on any atom is -0.488 e. The third kappa shape index (κ3) is 5.01. The number of halogens is 2. The fourth-order valence-corrected chi connectivity index (χ4v) is 3.89. The van der Waals surface area contributed by atoms with E-state index in [1.807, 2.05) is 24.3 Å². The van der Waals surface area contributed by atoms with Crippen LogP contribution >= 0.6 is 23.2 Å². The van der Waals surface area contributed by atoms with Crippen LogP contribution < -0.4 is 4.74 Å². The quantitative estimate of drug-likeness (QED) is 0.283. The highest BCUT2D eigenvalue weighted by Crippen LogP contribution is 2.37. The third-order valence-corrected chi connectivity index (χ3v) is 5.80. The first-order chi connectivity index (χ1) is 16.9. The van der Waals surface area contributed by atoms with E-state index in [1.165, 1.54) is 18.9 Å².